The van der Waals surface area contributed by atoms with E-state index in [9.17, 15) is 4.79 Å². The van der Waals surface area contributed by atoms with Gasteiger partial charge >= 0.3 is 5.97 Å². The number of esters is 1. The van der Waals surface area contributed by atoms with Gasteiger partial charge in [0.05, 0.1) is 0 Å². The molecule has 0 radical (unpaired) electrons. The predicted octanol–water partition coefficient (Wildman–Crippen LogP) is 3.04. The van der Waals surface area contributed by atoms with Crippen LogP contribution in [-0.2, 0) is 4.74 Å². The Morgan fingerprint density at radius 2 is 2.07 bits per heavy atom. The minimum atomic E-state index is -0.457. The molecule has 4 heteroatoms. The highest BCUT2D eigenvalue weighted by atomic mass is 79.9. The molecule has 1 aromatic heterocycles. The van der Waals surface area contributed by atoms with Gasteiger partial charge in [-0.25, -0.2) is 4.79 Å². The fraction of sp³-hybridized carbons (Fsp3) is 0.500. The number of nitrogens with one attached hydrogen (secondary N) is 1. The van der Waals surface area contributed by atoms with E-state index in [0.717, 1.165) is 10.0 Å². The lowest BCUT2D eigenvalue weighted by molar-refractivity contribution is 0.00628. The third-order valence-corrected chi connectivity index (χ3v) is 2.50. The second-order valence-corrected chi connectivity index (χ2v) is 4.99. The number of carbonyl (C=O) groups is 1. The predicted molar refractivity (Wildman–Crippen MR) is 58.4 cm³/mol. The molecule has 0 fully saturated rings. The van der Waals surface area contributed by atoms with Crippen LogP contribution in [0.4, 0.5) is 0 Å². The Labute approximate surface area is 92.0 Å². The van der Waals surface area contributed by atoms with Crippen molar-refractivity contribution in [1.82, 2.24) is 4.98 Å². The summed E-state index contributed by atoms with van der Waals surface area (Å²) in [6.45, 7) is 7.40. The molecule has 0 spiro atoms. The molecule has 78 valence electrons. The summed E-state index contributed by atoms with van der Waals surface area (Å²) in [5.74, 6) is -0.319. The molecule has 0 atom stereocenters. The van der Waals surface area contributed by atoms with Gasteiger partial charge in [0.15, 0.2) is 0 Å². The standard InChI is InChI=1S/C10H14BrNO2/c1-6-7(11)5-12-8(6)9(13)14-10(2,3)4/h5,12H,1-4H3. The van der Waals surface area contributed by atoms with Crippen LogP contribution < -0.4 is 0 Å². The van der Waals surface area contributed by atoms with Crippen molar-refractivity contribution in [2.24, 2.45) is 0 Å². The number of halogens is 1. The van der Waals surface area contributed by atoms with Crippen LogP contribution in [0.2, 0.25) is 0 Å². The molecule has 0 amide bonds. The minimum absolute atomic E-state index is 0.319. The average Bonchev–Trinajstić information content (AvgIpc) is 2.29. The van der Waals surface area contributed by atoms with Crippen LogP contribution >= 0.6 is 15.9 Å². The first-order chi connectivity index (χ1) is 6.31. The molecule has 1 N–H and O–H groups in total. The van der Waals surface area contributed by atoms with Gasteiger partial charge in [0, 0.05) is 10.7 Å². The largest absolute Gasteiger partial charge is 0.455 e. The Bertz CT molecular complexity index is 349. The Morgan fingerprint density at radius 3 is 2.43 bits per heavy atom. The fourth-order valence-corrected chi connectivity index (χ4v) is 1.33. The lowest BCUT2D eigenvalue weighted by Crippen LogP contribution is -2.24. The summed E-state index contributed by atoms with van der Waals surface area (Å²) < 4.78 is 6.11. The van der Waals surface area contributed by atoms with Crippen LogP contribution in [0.1, 0.15) is 36.8 Å². The zero-order chi connectivity index (χ0) is 10.9. The van der Waals surface area contributed by atoms with Crippen LogP contribution in [0.5, 0.6) is 0 Å². The third kappa shape index (κ3) is 2.61. The molecule has 0 unspecified atom stereocenters. The Hall–Kier alpha value is -0.770. The molecule has 0 bridgehead atoms. The van der Waals surface area contributed by atoms with Crippen LogP contribution in [0, 0.1) is 6.92 Å². The molecule has 0 saturated carbocycles. The van der Waals surface area contributed by atoms with Crippen LogP contribution in [0.25, 0.3) is 0 Å². The molecule has 1 heterocycles. The van der Waals surface area contributed by atoms with Gasteiger partial charge in [-0.15, -0.1) is 0 Å². The summed E-state index contributed by atoms with van der Waals surface area (Å²) >= 11 is 3.32. The van der Waals surface area contributed by atoms with Crippen LogP contribution in [0.3, 0.4) is 0 Å². The summed E-state index contributed by atoms with van der Waals surface area (Å²) in [6, 6.07) is 0. The number of aromatic amines is 1. The first-order valence-corrected chi connectivity index (χ1v) is 5.17. The van der Waals surface area contributed by atoms with Gasteiger partial charge in [-0.05, 0) is 49.2 Å². The molecular formula is C10H14BrNO2. The fourth-order valence-electron chi connectivity index (χ4n) is 1.01. The zero-order valence-electron chi connectivity index (χ0n) is 8.77. The quantitative estimate of drug-likeness (QED) is 0.788. The number of rotatable bonds is 1. The van der Waals surface area contributed by atoms with Crippen molar-refractivity contribution in [3.05, 3.63) is 21.9 Å². The summed E-state index contributed by atoms with van der Waals surface area (Å²) in [5.41, 5.74) is 0.923. The van der Waals surface area contributed by atoms with Crippen LogP contribution in [-0.4, -0.2) is 16.6 Å². The number of carbonyl (C=O) groups excluding carboxylic acids is 1. The van der Waals surface area contributed by atoms with Gasteiger partial charge in [0.25, 0.3) is 0 Å². The second-order valence-electron chi connectivity index (χ2n) is 4.14. The molecular weight excluding hydrogens is 246 g/mol. The normalized spacial score (nSPS) is 11.5. The van der Waals surface area contributed by atoms with Gasteiger partial charge < -0.3 is 9.72 Å². The van der Waals surface area contributed by atoms with Gasteiger partial charge in [0.1, 0.15) is 11.3 Å². The van der Waals surface area contributed by atoms with Crippen molar-refractivity contribution in [3.63, 3.8) is 0 Å². The lowest BCUT2D eigenvalue weighted by atomic mass is 10.2. The van der Waals surface area contributed by atoms with Gasteiger partial charge in [-0.3, -0.25) is 0 Å². The average molecular weight is 260 g/mol. The number of hydrogen-bond donors (Lipinski definition) is 1. The van der Waals surface area contributed by atoms with Gasteiger partial charge in [-0.1, -0.05) is 0 Å². The minimum Gasteiger partial charge on any atom is -0.455 e. The zero-order valence-corrected chi connectivity index (χ0v) is 10.4. The molecule has 3 nitrogen and oxygen atoms in total. The molecule has 0 aliphatic carbocycles. The maximum Gasteiger partial charge on any atom is 0.355 e. The molecule has 1 aromatic rings. The summed E-state index contributed by atoms with van der Waals surface area (Å²) in [7, 11) is 0. The second kappa shape index (κ2) is 3.77. The van der Waals surface area contributed by atoms with E-state index in [1.54, 1.807) is 6.20 Å². The highest BCUT2D eigenvalue weighted by Crippen LogP contribution is 2.21. The van der Waals surface area contributed by atoms with Crippen molar-refractivity contribution in [3.8, 4) is 0 Å². The van der Waals surface area contributed by atoms with Crippen molar-refractivity contribution < 1.29 is 9.53 Å². The number of hydrogen-bond acceptors (Lipinski definition) is 2. The highest BCUT2D eigenvalue weighted by molar-refractivity contribution is 9.10. The van der Waals surface area contributed by atoms with E-state index in [2.05, 4.69) is 20.9 Å². The molecule has 1 rings (SSSR count). The van der Waals surface area contributed by atoms with Crippen molar-refractivity contribution in [2.75, 3.05) is 0 Å². The van der Waals surface area contributed by atoms with E-state index in [1.807, 2.05) is 27.7 Å². The van der Waals surface area contributed by atoms with E-state index in [0.29, 0.717) is 5.69 Å². The van der Waals surface area contributed by atoms with E-state index in [-0.39, 0.29) is 5.97 Å². The molecule has 0 aromatic carbocycles. The summed E-state index contributed by atoms with van der Waals surface area (Å²) in [4.78, 5) is 14.5. The summed E-state index contributed by atoms with van der Waals surface area (Å²) in [6.07, 6.45) is 1.73. The number of ether oxygens (including phenoxy) is 1. The number of H-pyrrole nitrogens is 1. The van der Waals surface area contributed by atoms with E-state index < -0.39 is 5.60 Å². The van der Waals surface area contributed by atoms with E-state index in [4.69, 9.17) is 4.74 Å². The maximum absolute atomic E-state index is 11.6. The van der Waals surface area contributed by atoms with Crippen molar-refractivity contribution >= 4 is 21.9 Å². The molecule has 0 saturated heterocycles. The number of aromatic nitrogens is 1. The maximum atomic E-state index is 11.6. The van der Waals surface area contributed by atoms with Crippen molar-refractivity contribution in [2.45, 2.75) is 33.3 Å². The van der Waals surface area contributed by atoms with Crippen molar-refractivity contribution in [1.29, 1.82) is 0 Å². The van der Waals surface area contributed by atoms with Gasteiger partial charge in [0.2, 0.25) is 0 Å². The SMILES string of the molecule is Cc1c(Br)c[nH]c1C(=O)OC(C)(C)C. The van der Waals surface area contributed by atoms with Gasteiger partial charge in [-0.2, -0.15) is 0 Å². The third-order valence-electron chi connectivity index (χ3n) is 1.68. The topological polar surface area (TPSA) is 42.1 Å². The first kappa shape index (κ1) is 11.3. The van der Waals surface area contributed by atoms with E-state index >= 15 is 0 Å². The van der Waals surface area contributed by atoms with Crippen LogP contribution in [0.15, 0.2) is 10.7 Å². The molecule has 0 aliphatic heterocycles. The highest BCUT2D eigenvalue weighted by Gasteiger charge is 2.21. The first-order valence-electron chi connectivity index (χ1n) is 4.38. The molecule has 14 heavy (non-hydrogen) atoms. The monoisotopic (exact) mass is 259 g/mol. The smallest absolute Gasteiger partial charge is 0.355 e. The summed E-state index contributed by atoms with van der Waals surface area (Å²) in [5, 5.41) is 0. The van der Waals surface area contributed by atoms with E-state index in [1.165, 1.54) is 0 Å². The lowest BCUT2D eigenvalue weighted by Gasteiger charge is -2.19. The Morgan fingerprint density at radius 1 is 1.50 bits per heavy atom. The Balaban J connectivity index is 2.86. The molecule has 0 aliphatic rings. The Kier molecular flexibility index (Phi) is 3.04.